The smallest absolute Gasteiger partial charge is 0.265 e. The van der Waals surface area contributed by atoms with E-state index in [1.165, 1.54) is 11.8 Å². The molecule has 0 atom stereocenters. The normalized spacial score (nSPS) is 17.5. The van der Waals surface area contributed by atoms with Crippen molar-refractivity contribution in [2.75, 3.05) is 18.1 Å². The minimum Gasteiger partial charge on any atom is -0.482 e. The number of rotatable bonds is 4. The summed E-state index contributed by atoms with van der Waals surface area (Å²) in [5.74, 6) is 0.382. The number of halogens is 1. The van der Waals surface area contributed by atoms with E-state index in [1.807, 2.05) is 42.5 Å². The van der Waals surface area contributed by atoms with E-state index in [-0.39, 0.29) is 18.4 Å². The third kappa shape index (κ3) is 4.14. The van der Waals surface area contributed by atoms with Gasteiger partial charge in [-0.15, -0.1) is 0 Å². The average molecular weight is 475 g/mol. The highest BCUT2D eigenvalue weighted by atomic mass is 79.9. The van der Waals surface area contributed by atoms with Crippen molar-refractivity contribution < 1.29 is 14.3 Å². The second-order valence-corrected chi connectivity index (χ2v) is 8.92. The molecule has 0 radical (unpaired) electrons. The number of fused-ring (bicyclic) bond motifs is 1. The molecule has 0 unspecified atom stereocenters. The van der Waals surface area contributed by atoms with Crippen molar-refractivity contribution in [2.24, 2.45) is 0 Å². The van der Waals surface area contributed by atoms with Gasteiger partial charge in [-0.1, -0.05) is 58.1 Å². The zero-order chi connectivity index (χ0) is 19.7. The Kier molecular flexibility index (Phi) is 5.52. The standard InChI is InChI=1S/C20H15BrN2O3S2/c21-14-4-1-12(2-5-14)7-8-23-15-9-13(3-6-16(15)26-11-18(23)24)10-17-19(25)22-20(27)28-17/h1-6,9-10H,7-8,11H2,(H,22,25,27)/b17-10+. The van der Waals surface area contributed by atoms with E-state index in [0.29, 0.717) is 27.2 Å². The topological polar surface area (TPSA) is 58.6 Å². The Hall–Kier alpha value is -2.16. The monoisotopic (exact) mass is 474 g/mol. The number of nitrogens with zero attached hydrogens (tertiary/aromatic N) is 1. The molecule has 4 rings (SSSR count). The Morgan fingerprint density at radius 1 is 1.21 bits per heavy atom. The van der Waals surface area contributed by atoms with E-state index in [4.69, 9.17) is 17.0 Å². The number of nitrogens with one attached hydrogen (secondary N) is 1. The highest BCUT2D eigenvalue weighted by Gasteiger charge is 2.26. The van der Waals surface area contributed by atoms with Crippen LogP contribution in [0, 0.1) is 0 Å². The molecule has 2 aliphatic heterocycles. The molecule has 8 heteroatoms. The number of amides is 2. The minimum atomic E-state index is -0.202. The first kappa shape index (κ1) is 19.2. The van der Waals surface area contributed by atoms with Crippen LogP contribution in [-0.4, -0.2) is 29.3 Å². The van der Waals surface area contributed by atoms with Crippen molar-refractivity contribution in [3.8, 4) is 5.75 Å². The Balaban J connectivity index is 1.59. The van der Waals surface area contributed by atoms with Gasteiger partial charge in [-0.25, -0.2) is 0 Å². The predicted molar refractivity (Wildman–Crippen MR) is 118 cm³/mol. The highest BCUT2D eigenvalue weighted by molar-refractivity contribution is 9.10. The lowest BCUT2D eigenvalue weighted by Crippen LogP contribution is -2.40. The molecule has 2 aromatic rings. The molecule has 0 aromatic heterocycles. The van der Waals surface area contributed by atoms with Gasteiger partial charge >= 0.3 is 0 Å². The summed E-state index contributed by atoms with van der Waals surface area (Å²) in [4.78, 5) is 26.7. The summed E-state index contributed by atoms with van der Waals surface area (Å²) in [6, 6.07) is 13.6. The highest BCUT2D eigenvalue weighted by Crippen LogP contribution is 2.35. The van der Waals surface area contributed by atoms with Crippen LogP contribution in [0.15, 0.2) is 51.8 Å². The molecule has 0 saturated carbocycles. The number of hydrogen-bond acceptors (Lipinski definition) is 5. The van der Waals surface area contributed by atoms with Crippen LogP contribution in [0.25, 0.3) is 6.08 Å². The fourth-order valence-electron chi connectivity index (χ4n) is 3.02. The van der Waals surface area contributed by atoms with Crippen molar-refractivity contribution in [3.63, 3.8) is 0 Å². The Labute approximate surface area is 180 Å². The van der Waals surface area contributed by atoms with Crippen LogP contribution in [0.3, 0.4) is 0 Å². The minimum absolute atomic E-state index is 0.0281. The van der Waals surface area contributed by atoms with Gasteiger partial charge in [0.1, 0.15) is 10.1 Å². The molecule has 2 aromatic carbocycles. The third-order valence-electron chi connectivity index (χ3n) is 4.40. The number of thiocarbonyl (C=S) groups is 1. The van der Waals surface area contributed by atoms with Crippen molar-refractivity contribution in [2.45, 2.75) is 6.42 Å². The summed E-state index contributed by atoms with van der Waals surface area (Å²) < 4.78 is 7.04. The molecule has 5 nitrogen and oxygen atoms in total. The van der Waals surface area contributed by atoms with Gasteiger partial charge < -0.3 is 15.0 Å². The number of carbonyl (C=O) groups excluding carboxylic acids is 2. The fraction of sp³-hybridized carbons (Fsp3) is 0.150. The second-order valence-electron chi connectivity index (χ2n) is 6.29. The van der Waals surface area contributed by atoms with E-state index in [9.17, 15) is 9.59 Å². The Morgan fingerprint density at radius 2 is 2.00 bits per heavy atom. The van der Waals surface area contributed by atoms with E-state index < -0.39 is 0 Å². The Bertz CT molecular complexity index is 1010. The van der Waals surface area contributed by atoms with Crippen LogP contribution in [0.2, 0.25) is 0 Å². The number of ether oxygens (including phenoxy) is 1. The molecule has 0 bridgehead atoms. The van der Waals surface area contributed by atoms with Gasteiger partial charge in [0.2, 0.25) is 0 Å². The van der Waals surface area contributed by atoms with Crippen molar-refractivity contribution in [1.29, 1.82) is 0 Å². The molecule has 2 heterocycles. The molecule has 2 amide bonds. The molecule has 28 heavy (non-hydrogen) atoms. The lowest BCUT2D eigenvalue weighted by atomic mass is 10.1. The van der Waals surface area contributed by atoms with Gasteiger partial charge in [0.05, 0.1) is 10.6 Å². The lowest BCUT2D eigenvalue weighted by molar-refractivity contribution is -0.121. The van der Waals surface area contributed by atoms with Gasteiger partial charge in [-0.2, -0.15) is 0 Å². The summed E-state index contributed by atoms with van der Waals surface area (Å²) in [6.07, 6.45) is 2.50. The molecule has 1 fully saturated rings. The molecule has 0 aliphatic carbocycles. The summed E-state index contributed by atoms with van der Waals surface area (Å²) in [7, 11) is 0. The maximum absolute atomic E-state index is 12.5. The largest absolute Gasteiger partial charge is 0.482 e. The van der Waals surface area contributed by atoms with Crippen LogP contribution in [0.1, 0.15) is 11.1 Å². The summed E-state index contributed by atoms with van der Waals surface area (Å²) >= 11 is 9.69. The van der Waals surface area contributed by atoms with Crippen molar-refractivity contribution in [3.05, 3.63) is 63.0 Å². The SMILES string of the molecule is O=C1NC(=S)S/C1=C/c1ccc2c(c1)N(CCc1ccc(Br)cc1)C(=O)CO2. The molecule has 1 saturated heterocycles. The lowest BCUT2D eigenvalue weighted by Gasteiger charge is -2.29. The van der Waals surface area contributed by atoms with Gasteiger partial charge in [-0.3, -0.25) is 9.59 Å². The van der Waals surface area contributed by atoms with Crippen LogP contribution < -0.4 is 15.0 Å². The first-order chi connectivity index (χ1) is 13.5. The summed E-state index contributed by atoms with van der Waals surface area (Å²) in [5.41, 5.74) is 2.68. The average Bonchev–Trinajstić information content (AvgIpc) is 2.99. The Morgan fingerprint density at radius 3 is 2.71 bits per heavy atom. The van der Waals surface area contributed by atoms with Crippen LogP contribution in [-0.2, 0) is 16.0 Å². The van der Waals surface area contributed by atoms with Gasteiger partial charge in [0.15, 0.2) is 6.61 Å². The third-order valence-corrected chi connectivity index (χ3v) is 6.09. The second kappa shape index (κ2) is 8.06. The molecular weight excluding hydrogens is 460 g/mol. The number of thioether (sulfide) groups is 1. The molecule has 1 N–H and O–H groups in total. The van der Waals surface area contributed by atoms with Crippen molar-refractivity contribution in [1.82, 2.24) is 5.32 Å². The van der Waals surface area contributed by atoms with Crippen LogP contribution in [0.5, 0.6) is 5.75 Å². The first-order valence-electron chi connectivity index (χ1n) is 8.56. The van der Waals surface area contributed by atoms with E-state index in [0.717, 1.165) is 22.0 Å². The van der Waals surface area contributed by atoms with E-state index in [1.54, 1.807) is 11.0 Å². The van der Waals surface area contributed by atoms with E-state index >= 15 is 0 Å². The first-order valence-corrected chi connectivity index (χ1v) is 10.6. The van der Waals surface area contributed by atoms with E-state index in [2.05, 4.69) is 21.2 Å². The maximum atomic E-state index is 12.5. The maximum Gasteiger partial charge on any atom is 0.265 e. The molecule has 142 valence electrons. The van der Waals surface area contributed by atoms with Gasteiger partial charge in [-0.05, 0) is 47.9 Å². The summed E-state index contributed by atoms with van der Waals surface area (Å²) in [6.45, 7) is 0.580. The predicted octanol–water partition coefficient (Wildman–Crippen LogP) is 3.91. The zero-order valence-electron chi connectivity index (χ0n) is 14.6. The number of benzene rings is 2. The molecular formula is C20H15BrN2O3S2. The number of carbonyl (C=O) groups is 2. The number of hydrogen-bond donors (Lipinski definition) is 1. The van der Waals surface area contributed by atoms with Crippen LogP contribution >= 0.6 is 39.9 Å². The van der Waals surface area contributed by atoms with Gasteiger partial charge in [0.25, 0.3) is 11.8 Å². The van der Waals surface area contributed by atoms with Crippen LogP contribution in [0.4, 0.5) is 5.69 Å². The van der Waals surface area contributed by atoms with Crippen molar-refractivity contribution >= 4 is 67.8 Å². The summed E-state index contributed by atoms with van der Waals surface area (Å²) in [5, 5.41) is 2.60. The molecule has 2 aliphatic rings. The zero-order valence-corrected chi connectivity index (χ0v) is 17.8. The quantitative estimate of drug-likeness (QED) is 0.537. The number of anilines is 1. The van der Waals surface area contributed by atoms with Gasteiger partial charge in [0, 0.05) is 11.0 Å². The fourth-order valence-corrected chi connectivity index (χ4v) is 4.33. The molecule has 0 spiro atoms.